The summed E-state index contributed by atoms with van der Waals surface area (Å²) in [5, 5.41) is 19.5. The molecule has 0 aromatic heterocycles. The lowest BCUT2D eigenvalue weighted by Gasteiger charge is -2.21. The molecule has 0 heterocycles. The highest BCUT2D eigenvalue weighted by molar-refractivity contribution is 5.30. The molecule has 3 nitrogen and oxygen atoms in total. The normalized spacial score (nSPS) is 13.9. The van der Waals surface area contributed by atoms with E-state index in [-0.39, 0.29) is 12.5 Å². The van der Waals surface area contributed by atoms with Crippen LogP contribution < -0.4 is 4.74 Å². The molecule has 100 valence electrons. The standard InChI is InChI=1S/C15H22O3/c1-3-4-5-6-15(17)14(11-16)12-7-9-13(18-2)10-8-12/h3,7-10,14-17H,1,4-6,11H2,2H3/t14-,15+/m0/s1. The Morgan fingerprint density at radius 3 is 2.50 bits per heavy atom. The minimum absolute atomic E-state index is 0.0540. The SMILES string of the molecule is C=CCCC[C@@H](O)[C@@H](CO)c1ccc(OC)cc1. The van der Waals surface area contributed by atoms with Crippen molar-refractivity contribution in [3.05, 3.63) is 42.5 Å². The Balaban J connectivity index is 2.65. The van der Waals surface area contributed by atoms with Crippen LogP contribution in [0.3, 0.4) is 0 Å². The third-order valence-electron chi connectivity index (χ3n) is 3.11. The number of hydrogen-bond donors (Lipinski definition) is 2. The van der Waals surface area contributed by atoms with Crippen LogP contribution in [0.1, 0.15) is 30.7 Å². The van der Waals surface area contributed by atoms with Gasteiger partial charge in [0.1, 0.15) is 5.75 Å². The Hall–Kier alpha value is -1.32. The van der Waals surface area contributed by atoms with Gasteiger partial charge in [0.05, 0.1) is 19.8 Å². The number of aliphatic hydroxyl groups excluding tert-OH is 2. The highest BCUT2D eigenvalue weighted by atomic mass is 16.5. The van der Waals surface area contributed by atoms with Crippen LogP contribution in [0.25, 0.3) is 0 Å². The molecule has 0 aliphatic heterocycles. The summed E-state index contributed by atoms with van der Waals surface area (Å²) in [6.07, 6.45) is 3.76. The molecule has 1 aromatic rings. The molecule has 18 heavy (non-hydrogen) atoms. The predicted octanol–water partition coefficient (Wildman–Crippen LogP) is 2.49. The van der Waals surface area contributed by atoms with Crippen molar-refractivity contribution in [1.82, 2.24) is 0 Å². The summed E-state index contributed by atoms with van der Waals surface area (Å²) in [5.41, 5.74) is 0.935. The van der Waals surface area contributed by atoms with E-state index < -0.39 is 6.10 Å². The van der Waals surface area contributed by atoms with Crippen LogP contribution in [0.2, 0.25) is 0 Å². The van der Waals surface area contributed by atoms with E-state index in [0.717, 1.165) is 24.2 Å². The molecule has 2 atom stereocenters. The highest BCUT2D eigenvalue weighted by Crippen LogP contribution is 2.24. The zero-order valence-corrected chi connectivity index (χ0v) is 10.9. The summed E-state index contributed by atoms with van der Waals surface area (Å²) in [6.45, 7) is 3.60. The smallest absolute Gasteiger partial charge is 0.118 e. The van der Waals surface area contributed by atoms with Gasteiger partial charge in [0, 0.05) is 5.92 Å². The Labute approximate surface area is 109 Å². The summed E-state index contributed by atoms with van der Waals surface area (Å²) in [7, 11) is 1.61. The lowest BCUT2D eigenvalue weighted by atomic mass is 9.91. The number of benzene rings is 1. The quantitative estimate of drug-likeness (QED) is 0.550. The van der Waals surface area contributed by atoms with E-state index in [2.05, 4.69) is 6.58 Å². The number of allylic oxidation sites excluding steroid dienone is 1. The van der Waals surface area contributed by atoms with Crippen molar-refractivity contribution in [3.8, 4) is 5.75 Å². The van der Waals surface area contributed by atoms with Crippen molar-refractivity contribution in [2.45, 2.75) is 31.3 Å². The lowest BCUT2D eigenvalue weighted by Crippen LogP contribution is -2.21. The van der Waals surface area contributed by atoms with E-state index in [4.69, 9.17) is 4.74 Å². The number of aliphatic hydroxyl groups is 2. The molecule has 0 fully saturated rings. The second kappa shape index (κ2) is 7.90. The fraction of sp³-hybridized carbons (Fsp3) is 0.467. The average Bonchev–Trinajstić information content (AvgIpc) is 2.41. The largest absolute Gasteiger partial charge is 0.497 e. The van der Waals surface area contributed by atoms with Crippen LogP contribution in [0, 0.1) is 0 Å². The molecular weight excluding hydrogens is 228 g/mol. The van der Waals surface area contributed by atoms with Gasteiger partial charge in [-0.25, -0.2) is 0 Å². The molecule has 2 N–H and O–H groups in total. The van der Waals surface area contributed by atoms with Crippen LogP contribution in [0.15, 0.2) is 36.9 Å². The van der Waals surface area contributed by atoms with Crippen LogP contribution in [0.4, 0.5) is 0 Å². The van der Waals surface area contributed by atoms with Crippen molar-refractivity contribution in [1.29, 1.82) is 0 Å². The minimum atomic E-state index is -0.525. The maximum Gasteiger partial charge on any atom is 0.118 e. The summed E-state index contributed by atoms with van der Waals surface area (Å²) < 4.78 is 5.09. The van der Waals surface area contributed by atoms with Gasteiger partial charge >= 0.3 is 0 Å². The summed E-state index contributed by atoms with van der Waals surface area (Å²) in [4.78, 5) is 0. The fourth-order valence-electron chi connectivity index (χ4n) is 1.97. The summed E-state index contributed by atoms with van der Waals surface area (Å²) in [6, 6.07) is 7.45. The molecule has 0 aliphatic carbocycles. The molecule has 0 saturated carbocycles. The van der Waals surface area contributed by atoms with Crippen molar-refractivity contribution in [2.75, 3.05) is 13.7 Å². The Kier molecular flexibility index (Phi) is 6.47. The van der Waals surface area contributed by atoms with Gasteiger partial charge in [-0.15, -0.1) is 6.58 Å². The van der Waals surface area contributed by atoms with Crippen molar-refractivity contribution in [2.24, 2.45) is 0 Å². The number of methoxy groups -OCH3 is 1. The van der Waals surface area contributed by atoms with E-state index in [0.29, 0.717) is 6.42 Å². The van der Waals surface area contributed by atoms with E-state index >= 15 is 0 Å². The van der Waals surface area contributed by atoms with Gasteiger partial charge in [0.25, 0.3) is 0 Å². The summed E-state index contributed by atoms with van der Waals surface area (Å²) in [5.74, 6) is 0.539. The lowest BCUT2D eigenvalue weighted by molar-refractivity contribution is 0.0974. The van der Waals surface area contributed by atoms with Gasteiger partial charge in [-0.1, -0.05) is 18.2 Å². The predicted molar refractivity (Wildman–Crippen MR) is 72.9 cm³/mol. The van der Waals surface area contributed by atoms with Crippen molar-refractivity contribution < 1.29 is 14.9 Å². The fourth-order valence-corrected chi connectivity index (χ4v) is 1.97. The third-order valence-corrected chi connectivity index (χ3v) is 3.11. The maximum atomic E-state index is 10.1. The first-order valence-electron chi connectivity index (χ1n) is 6.26. The molecule has 1 rings (SSSR count). The maximum absolute atomic E-state index is 10.1. The Bertz CT molecular complexity index is 345. The molecule has 1 aromatic carbocycles. The number of ether oxygens (including phenoxy) is 1. The zero-order valence-electron chi connectivity index (χ0n) is 10.9. The molecule has 3 heteroatoms. The molecule has 0 saturated heterocycles. The monoisotopic (exact) mass is 250 g/mol. The van der Waals surface area contributed by atoms with E-state index in [1.165, 1.54) is 0 Å². The first-order chi connectivity index (χ1) is 8.72. The first kappa shape index (κ1) is 14.7. The second-order valence-corrected chi connectivity index (χ2v) is 4.35. The minimum Gasteiger partial charge on any atom is -0.497 e. The van der Waals surface area contributed by atoms with Crippen LogP contribution >= 0.6 is 0 Å². The number of rotatable bonds is 8. The number of hydrogen-bond acceptors (Lipinski definition) is 3. The van der Waals surface area contributed by atoms with Crippen molar-refractivity contribution in [3.63, 3.8) is 0 Å². The van der Waals surface area contributed by atoms with Gasteiger partial charge in [-0.2, -0.15) is 0 Å². The first-order valence-corrected chi connectivity index (χ1v) is 6.26. The molecule has 0 aliphatic rings. The van der Waals surface area contributed by atoms with Crippen LogP contribution in [-0.2, 0) is 0 Å². The average molecular weight is 250 g/mol. The van der Waals surface area contributed by atoms with Crippen LogP contribution in [0.5, 0.6) is 5.75 Å². The van der Waals surface area contributed by atoms with Gasteiger partial charge < -0.3 is 14.9 Å². The third kappa shape index (κ3) is 4.17. The molecule has 0 bridgehead atoms. The summed E-state index contributed by atoms with van der Waals surface area (Å²) >= 11 is 0. The second-order valence-electron chi connectivity index (χ2n) is 4.35. The van der Waals surface area contributed by atoms with Gasteiger partial charge in [0.2, 0.25) is 0 Å². The Morgan fingerprint density at radius 1 is 1.33 bits per heavy atom. The molecule has 0 spiro atoms. The van der Waals surface area contributed by atoms with Crippen LogP contribution in [-0.4, -0.2) is 30.0 Å². The van der Waals surface area contributed by atoms with Crippen molar-refractivity contribution >= 4 is 0 Å². The molecule has 0 unspecified atom stereocenters. The molecular formula is C15H22O3. The van der Waals surface area contributed by atoms with E-state index in [1.54, 1.807) is 7.11 Å². The number of unbranched alkanes of at least 4 members (excludes halogenated alkanes) is 1. The molecule has 0 radical (unpaired) electrons. The topological polar surface area (TPSA) is 49.7 Å². The van der Waals surface area contributed by atoms with Gasteiger partial charge in [-0.3, -0.25) is 0 Å². The van der Waals surface area contributed by atoms with Gasteiger partial charge in [0.15, 0.2) is 0 Å². The molecule has 0 amide bonds. The zero-order chi connectivity index (χ0) is 13.4. The van der Waals surface area contributed by atoms with E-state index in [9.17, 15) is 10.2 Å². The van der Waals surface area contributed by atoms with Gasteiger partial charge in [-0.05, 0) is 37.0 Å². The Morgan fingerprint density at radius 2 is 2.00 bits per heavy atom. The highest BCUT2D eigenvalue weighted by Gasteiger charge is 2.19. The van der Waals surface area contributed by atoms with E-state index in [1.807, 2.05) is 30.3 Å².